The van der Waals surface area contributed by atoms with E-state index in [0.717, 1.165) is 0 Å². The molecule has 0 aliphatic heterocycles. The first-order chi connectivity index (χ1) is 8.02. The Morgan fingerprint density at radius 2 is 2.24 bits per heavy atom. The van der Waals surface area contributed by atoms with E-state index in [2.05, 4.69) is 11.4 Å². The number of carbonyl (C=O) groups excluding carboxylic acids is 1. The summed E-state index contributed by atoms with van der Waals surface area (Å²) in [4.78, 5) is 11.8. The molecule has 1 N–H and O–H groups in total. The maximum absolute atomic E-state index is 11.8. The number of hydrogen-bond donors (Lipinski definition) is 1. The third-order valence-corrected chi connectivity index (χ3v) is 2.49. The monoisotopic (exact) mass is 250 g/mol. The highest BCUT2D eigenvalue weighted by Crippen LogP contribution is 2.11. The van der Waals surface area contributed by atoms with E-state index in [0.29, 0.717) is 22.9 Å². The standard InChI is InChI=1S/C13H15ClN2O/c1-9(2)6-12(8-15)16-13(17)10-4-3-5-11(14)7-10/h3-5,7,9,12H,6H2,1-2H3,(H,16,17). The average Bonchev–Trinajstić information content (AvgIpc) is 2.27. The molecule has 1 aromatic carbocycles. The van der Waals surface area contributed by atoms with Crippen LogP contribution < -0.4 is 5.32 Å². The van der Waals surface area contributed by atoms with Crippen LogP contribution in [0.4, 0.5) is 0 Å². The Balaban J connectivity index is 2.68. The Kier molecular flexibility index (Phi) is 4.99. The van der Waals surface area contributed by atoms with Gasteiger partial charge in [-0.2, -0.15) is 5.26 Å². The summed E-state index contributed by atoms with van der Waals surface area (Å²) in [5, 5.41) is 12.1. The Morgan fingerprint density at radius 3 is 2.76 bits per heavy atom. The molecule has 0 aromatic heterocycles. The van der Waals surface area contributed by atoms with Crippen LogP contribution in [0.1, 0.15) is 30.6 Å². The summed E-state index contributed by atoms with van der Waals surface area (Å²) in [5.41, 5.74) is 0.474. The van der Waals surface area contributed by atoms with E-state index < -0.39 is 6.04 Å². The van der Waals surface area contributed by atoms with Crippen LogP contribution in [0.15, 0.2) is 24.3 Å². The van der Waals surface area contributed by atoms with Gasteiger partial charge in [0.2, 0.25) is 0 Å². The number of benzene rings is 1. The number of nitriles is 1. The molecule has 3 nitrogen and oxygen atoms in total. The minimum absolute atomic E-state index is 0.264. The largest absolute Gasteiger partial charge is 0.336 e. The number of hydrogen-bond acceptors (Lipinski definition) is 2. The molecule has 1 aromatic rings. The summed E-state index contributed by atoms with van der Waals surface area (Å²) in [7, 11) is 0. The van der Waals surface area contributed by atoms with Crippen molar-refractivity contribution < 1.29 is 4.79 Å². The SMILES string of the molecule is CC(C)CC(C#N)NC(=O)c1cccc(Cl)c1. The predicted octanol–water partition coefficient (Wildman–Crippen LogP) is 3.01. The molecule has 0 saturated carbocycles. The van der Waals surface area contributed by atoms with Gasteiger partial charge in [0.25, 0.3) is 5.91 Å². The third-order valence-electron chi connectivity index (χ3n) is 2.26. The molecule has 0 fully saturated rings. The van der Waals surface area contributed by atoms with Crippen LogP contribution in [0.3, 0.4) is 0 Å². The Labute approximate surface area is 106 Å². The minimum atomic E-state index is -0.457. The topological polar surface area (TPSA) is 52.9 Å². The zero-order chi connectivity index (χ0) is 12.8. The molecule has 0 aliphatic rings. The second kappa shape index (κ2) is 6.27. The second-order valence-corrected chi connectivity index (χ2v) is 4.73. The van der Waals surface area contributed by atoms with Crippen molar-refractivity contribution in [3.8, 4) is 6.07 Å². The Bertz CT molecular complexity index is 437. The number of carbonyl (C=O) groups is 1. The summed E-state index contributed by atoms with van der Waals surface area (Å²) < 4.78 is 0. The zero-order valence-corrected chi connectivity index (χ0v) is 10.7. The van der Waals surface area contributed by atoms with E-state index >= 15 is 0 Å². The normalized spacial score (nSPS) is 11.9. The number of amides is 1. The first-order valence-corrected chi connectivity index (χ1v) is 5.86. The lowest BCUT2D eigenvalue weighted by atomic mass is 10.0. The molecule has 0 radical (unpaired) electrons. The Morgan fingerprint density at radius 1 is 1.53 bits per heavy atom. The van der Waals surface area contributed by atoms with Gasteiger partial charge in [0.05, 0.1) is 6.07 Å². The van der Waals surface area contributed by atoms with Crippen LogP contribution in [0, 0.1) is 17.2 Å². The molecule has 0 spiro atoms. The van der Waals surface area contributed by atoms with Crippen molar-refractivity contribution in [1.29, 1.82) is 5.26 Å². The van der Waals surface area contributed by atoms with Crippen molar-refractivity contribution in [3.05, 3.63) is 34.9 Å². The van der Waals surface area contributed by atoms with Gasteiger partial charge >= 0.3 is 0 Å². The van der Waals surface area contributed by atoms with Gasteiger partial charge in [-0.15, -0.1) is 0 Å². The maximum Gasteiger partial charge on any atom is 0.252 e. The van der Waals surface area contributed by atoms with E-state index in [4.69, 9.17) is 16.9 Å². The quantitative estimate of drug-likeness (QED) is 0.893. The number of halogens is 1. The molecule has 1 rings (SSSR count). The van der Waals surface area contributed by atoms with Gasteiger partial charge in [0, 0.05) is 10.6 Å². The lowest BCUT2D eigenvalue weighted by Gasteiger charge is -2.13. The van der Waals surface area contributed by atoms with E-state index in [1.54, 1.807) is 24.3 Å². The first kappa shape index (κ1) is 13.5. The van der Waals surface area contributed by atoms with Gasteiger partial charge in [0.1, 0.15) is 6.04 Å². The van der Waals surface area contributed by atoms with Crippen molar-refractivity contribution in [2.45, 2.75) is 26.3 Å². The van der Waals surface area contributed by atoms with E-state index in [-0.39, 0.29) is 5.91 Å². The predicted molar refractivity (Wildman–Crippen MR) is 67.8 cm³/mol. The molecule has 1 unspecified atom stereocenters. The third kappa shape index (κ3) is 4.46. The molecule has 1 atom stereocenters. The van der Waals surface area contributed by atoms with Crippen molar-refractivity contribution in [1.82, 2.24) is 5.32 Å². The molecule has 0 aliphatic carbocycles. The molecular formula is C13H15ClN2O. The molecular weight excluding hydrogens is 236 g/mol. The number of nitrogens with one attached hydrogen (secondary N) is 1. The van der Waals surface area contributed by atoms with Gasteiger partial charge in [-0.3, -0.25) is 4.79 Å². The molecule has 0 bridgehead atoms. The van der Waals surface area contributed by atoms with Gasteiger partial charge in [-0.05, 0) is 30.5 Å². The van der Waals surface area contributed by atoms with Crippen molar-refractivity contribution in [2.75, 3.05) is 0 Å². The van der Waals surface area contributed by atoms with Gasteiger partial charge in [0.15, 0.2) is 0 Å². The van der Waals surface area contributed by atoms with Crippen molar-refractivity contribution in [2.24, 2.45) is 5.92 Å². The number of nitrogens with zero attached hydrogens (tertiary/aromatic N) is 1. The zero-order valence-electron chi connectivity index (χ0n) is 9.90. The average molecular weight is 251 g/mol. The second-order valence-electron chi connectivity index (χ2n) is 4.30. The highest BCUT2D eigenvalue weighted by Gasteiger charge is 2.14. The Hall–Kier alpha value is -1.53. The lowest BCUT2D eigenvalue weighted by molar-refractivity contribution is 0.0942. The van der Waals surface area contributed by atoms with Crippen LogP contribution >= 0.6 is 11.6 Å². The lowest BCUT2D eigenvalue weighted by Crippen LogP contribution is -2.34. The summed E-state index contributed by atoms with van der Waals surface area (Å²) in [6.45, 7) is 4.02. The molecule has 90 valence electrons. The highest BCUT2D eigenvalue weighted by atomic mass is 35.5. The van der Waals surface area contributed by atoms with Crippen LogP contribution in [0.25, 0.3) is 0 Å². The van der Waals surface area contributed by atoms with Crippen molar-refractivity contribution >= 4 is 17.5 Å². The minimum Gasteiger partial charge on any atom is -0.336 e. The van der Waals surface area contributed by atoms with E-state index in [1.807, 2.05) is 13.8 Å². The molecule has 0 saturated heterocycles. The fraction of sp³-hybridized carbons (Fsp3) is 0.385. The fourth-order valence-electron chi connectivity index (χ4n) is 1.49. The maximum atomic E-state index is 11.8. The van der Waals surface area contributed by atoms with E-state index in [9.17, 15) is 4.79 Å². The highest BCUT2D eigenvalue weighted by molar-refractivity contribution is 6.30. The van der Waals surface area contributed by atoms with Gasteiger partial charge in [-0.1, -0.05) is 31.5 Å². The smallest absolute Gasteiger partial charge is 0.252 e. The summed E-state index contributed by atoms with van der Waals surface area (Å²) in [5.74, 6) is 0.0963. The van der Waals surface area contributed by atoms with Crippen LogP contribution in [0.5, 0.6) is 0 Å². The van der Waals surface area contributed by atoms with E-state index in [1.165, 1.54) is 0 Å². The van der Waals surface area contributed by atoms with Gasteiger partial charge < -0.3 is 5.32 Å². The molecule has 17 heavy (non-hydrogen) atoms. The molecule has 1 amide bonds. The molecule has 4 heteroatoms. The fourth-order valence-corrected chi connectivity index (χ4v) is 1.68. The first-order valence-electron chi connectivity index (χ1n) is 5.49. The summed E-state index contributed by atoms with van der Waals surface area (Å²) >= 11 is 5.80. The summed E-state index contributed by atoms with van der Waals surface area (Å²) in [6, 6.07) is 8.29. The van der Waals surface area contributed by atoms with Gasteiger partial charge in [-0.25, -0.2) is 0 Å². The number of rotatable bonds is 4. The van der Waals surface area contributed by atoms with Crippen LogP contribution in [-0.4, -0.2) is 11.9 Å². The molecule has 0 heterocycles. The summed E-state index contributed by atoms with van der Waals surface area (Å²) in [6.07, 6.45) is 0.642. The van der Waals surface area contributed by atoms with Crippen molar-refractivity contribution in [3.63, 3.8) is 0 Å². The van der Waals surface area contributed by atoms with Crippen LogP contribution in [0.2, 0.25) is 5.02 Å². The van der Waals surface area contributed by atoms with Crippen LogP contribution in [-0.2, 0) is 0 Å².